The molecule has 0 atom stereocenters. The molecule has 1 aromatic rings. The molecule has 7 nitrogen and oxygen atoms in total. The number of nitrogens with two attached hydrogens (primary N) is 1. The lowest BCUT2D eigenvalue weighted by Crippen LogP contribution is -2.35. The van der Waals surface area contributed by atoms with Crippen LogP contribution in [-0.4, -0.2) is 30.7 Å². The van der Waals surface area contributed by atoms with Crippen molar-refractivity contribution in [1.82, 2.24) is 5.32 Å². The van der Waals surface area contributed by atoms with Crippen LogP contribution in [0.1, 0.15) is 32.8 Å². The van der Waals surface area contributed by atoms with Crippen molar-refractivity contribution in [2.45, 2.75) is 39.2 Å². The third kappa shape index (κ3) is 5.05. The lowest BCUT2D eigenvalue weighted by Gasteiger charge is -2.21. The van der Waals surface area contributed by atoms with Crippen LogP contribution in [0.5, 0.6) is 0 Å². The number of amides is 2. The molecule has 7 heteroatoms. The Morgan fingerprint density at radius 3 is 2.74 bits per heavy atom. The number of carbonyl (C=O) groups is 2. The summed E-state index contributed by atoms with van der Waals surface area (Å²) in [4.78, 5) is 23.0. The predicted molar refractivity (Wildman–Crippen MR) is 90.5 cm³/mol. The summed E-state index contributed by atoms with van der Waals surface area (Å²) in [6.07, 6.45) is 0.732. The Hall–Kier alpha value is -2.44. The van der Waals surface area contributed by atoms with Crippen LogP contribution < -0.4 is 21.7 Å². The number of nitrogens with one attached hydrogen (secondary N) is 3. The van der Waals surface area contributed by atoms with Gasteiger partial charge in [0, 0.05) is 25.2 Å². The van der Waals surface area contributed by atoms with E-state index in [-0.39, 0.29) is 5.91 Å². The molecule has 0 unspecified atom stereocenters. The molecule has 1 heterocycles. The smallest absolute Gasteiger partial charge is 0.407 e. The van der Waals surface area contributed by atoms with Gasteiger partial charge < -0.3 is 26.4 Å². The number of ether oxygens (including phenoxy) is 1. The largest absolute Gasteiger partial charge is 0.444 e. The van der Waals surface area contributed by atoms with Crippen molar-refractivity contribution in [3.63, 3.8) is 0 Å². The second-order valence-electron chi connectivity index (χ2n) is 6.50. The average Bonchev–Trinajstić information content (AvgIpc) is 2.42. The lowest BCUT2D eigenvalue weighted by atomic mass is 10.0. The van der Waals surface area contributed by atoms with Crippen molar-refractivity contribution >= 4 is 29.1 Å². The van der Waals surface area contributed by atoms with E-state index in [4.69, 9.17) is 10.5 Å². The van der Waals surface area contributed by atoms with Crippen LogP contribution in [0, 0.1) is 0 Å². The molecule has 0 fully saturated rings. The molecule has 0 bridgehead atoms. The molecular formula is C16H24N4O3. The van der Waals surface area contributed by atoms with Gasteiger partial charge in [-0.05, 0) is 44.9 Å². The highest BCUT2D eigenvalue weighted by Crippen LogP contribution is 2.30. The molecule has 0 spiro atoms. The summed E-state index contributed by atoms with van der Waals surface area (Å²) >= 11 is 0. The molecule has 2 amide bonds. The molecule has 0 aromatic heterocycles. The van der Waals surface area contributed by atoms with E-state index >= 15 is 0 Å². The van der Waals surface area contributed by atoms with Crippen molar-refractivity contribution in [2.24, 2.45) is 0 Å². The fourth-order valence-electron chi connectivity index (χ4n) is 2.28. The van der Waals surface area contributed by atoms with Crippen molar-refractivity contribution < 1.29 is 14.3 Å². The topological polar surface area (TPSA) is 105 Å². The summed E-state index contributed by atoms with van der Waals surface area (Å²) in [5, 5.41) is 8.65. The number of benzene rings is 1. The molecule has 0 radical (unpaired) electrons. The first-order valence-electron chi connectivity index (χ1n) is 7.67. The molecule has 1 aliphatic heterocycles. The standard InChI is InChI=1S/C16H24N4O3/c1-16(2,3)23-15(22)19-7-6-18-13-9-12-10(8-11(13)17)4-5-14(21)20-12/h8-9,18H,4-7,17H2,1-3H3,(H,19,22)(H,20,21). The van der Waals surface area contributed by atoms with E-state index in [0.29, 0.717) is 31.6 Å². The van der Waals surface area contributed by atoms with E-state index < -0.39 is 11.7 Å². The highest BCUT2D eigenvalue weighted by molar-refractivity contribution is 5.95. The zero-order valence-electron chi connectivity index (χ0n) is 13.8. The first-order chi connectivity index (χ1) is 10.7. The first-order valence-corrected chi connectivity index (χ1v) is 7.67. The summed E-state index contributed by atoms with van der Waals surface area (Å²) in [5.74, 6) is 0.0137. The van der Waals surface area contributed by atoms with Gasteiger partial charge in [0.1, 0.15) is 5.60 Å². The van der Waals surface area contributed by atoms with Crippen LogP contribution in [0.2, 0.25) is 0 Å². The van der Waals surface area contributed by atoms with Crippen molar-refractivity contribution in [2.75, 3.05) is 29.5 Å². The molecule has 5 N–H and O–H groups in total. The van der Waals surface area contributed by atoms with Crippen LogP contribution in [-0.2, 0) is 16.0 Å². The van der Waals surface area contributed by atoms with Crippen molar-refractivity contribution in [3.8, 4) is 0 Å². The number of fused-ring (bicyclic) bond motifs is 1. The zero-order valence-corrected chi connectivity index (χ0v) is 13.8. The maximum atomic E-state index is 11.5. The van der Waals surface area contributed by atoms with E-state index in [2.05, 4.69) is 16.0 Å². The third-order valence-electron chi connectivity index (χ3n) is 3.28. The Morgan fingerprint density at radius 2 is 2.04 bits per heavy atom. The van der Waals surface area contributed by atoms with Crippen LogP contribution in [0.3, 0.4) is 0 Å². The Balaban J connectivity index is 1.85. The van der Waals surface area contributed by atoms with E-state index in [1.165, 1.54) is 0 Å². The molecular weight excluding hydrogens is 296 g/mol. The van der Waals surface area contributed by atoms with Crippen LogP contribution in [0.25, 0.3) is 0 Å². The number of hydrogen-bond acceptors (Lipinski definition) is 5. The number of hydrogen-bond donors (Lipinski definition) is 4. The molecule has 1 aromatic carbocycles. The number of rotatable bonds is 4. The maximum absolute atomic E-state index is 11.5. The molecule has 126 valence electrons. The summed E-state index contributed by atoms with van der Waals surface area (Å²) in [7, 11) is 0. The lowest BCUT2D eigenvalue weighted by molar-refractivity contribution is -0.116. The number of aryl methyl sites for hydroxylation is 1. The van der Waals surface area contributed by atoms with Gasteiger partial charge >= 0.3 is 6.09 Å². The van der Waals surface area contributed by atoms with Crippen molar-refractivity contribution in [1.29, 1.82) is 0 Å². The van der Waals surface area contributed by atoms with E-state index in [9.17, 15) is 9.59 Å². The van der Waals surface area contributed by atoms with Gasteiger partial charge in [-0.2, -0.15) is 0 Å². The second kappa shape index (κ2) is 6.76. The number of alkyl carbamates (subject to hydrolysis) is 1. The predicted octanol–water partition coefficient (Wildman–Crippen LogP) is 2.09. The Morgan fingerprint density at radius 1 is 1.30 bits per heavy atom. The van der Waals surface area contributed by atoms with Gasteiger partial charge in [0.05, 0.1) is 11.4 Å². The normalized spacial score (nSPS) is 13.8. The number of carbonyl (C=O) groups excluding carboxylic acids is 2. The fraction of sp³-hybridized carbons (Fsp3) is 0.500. The zero-order chi connectivity index (χ0) is 17.0. The maximum Gasteiger partial charge on any atom is 0.407 e. The van der Waals surface area contributed by atoms with Gasteiger partial charge in [0.25, 0.3) is 0 Å². The van der Waals surface area contributed by atoms with Gasteiger partial charge in [-0.3, -0.25) is 4.79 Å². The molecule has 23 heavy (non-hydrogen) atoms. The Kier molecular flexibility index (Phi) is 4.98. The minimum absolute atomic E-state index is 0.0137. The minimum atomic E-state index is -0.515. The van der Waals surface area contributed by atoms with E-state index in [0.717, 1.165) is 16.9 Å². The molecule has 0 saturated carbocycles. The summed E-state index contributed by atoms with van der Waals surface area (Å²) in [6.45, 7) is 6.33. The fourth-order valence-corrected chi connectivity index (χ4v) is 2.28. The van der Waals surface area contributed by atoms with Crippen molar-refractivity contribution in [3.05, 3.63) is 17.7 Å². The van der Waals surface area contributed by atoms with Gasteiger partial charge in [0.2, 0.25) is 5.91 Å². The molecule has 0 aliphatic carbocycles. The SMILES string of the molecule is CC(C)(C)OC(=O)NCCNc1cc2c(cc1N)CCC(=O)N2. The number of nitrogen functional groups attached to an aromatic ring is 1. The second-order valence-corrected chi connectivity index (χ2v) is 6.50. The summed E-state index contributed by atoms with van der Waals surface area (Å²) in [5.41, 5.74) is 8.69. The van der Waals surface area contributed by atoms with Gasteiger partial charge in [-0.25, -0.2) is 4.79 Å². The summed E-state index contributed by atoms with van der Waals surface area (Å²) < 4.78 is 5.15. The number of anilines is 3. The van der Waals surface area contributed by atoms with Gasteiger partial charge in [-0.15, -0.1) is 0 Å². The van der Waals surface area contributed by atoms with Gasteiger partial charge in [-0.1, -0.05) is 0 Å². The average molecular weight is 320 g/mol. The Bertz CT molecular complexity index is 608. The van der Waals surface area contributed by atoms with Crippen LogP contribution in [0.15, 0.2) is 12.1 Å². The molecule has 0 saturated heterocycles. The first kappa shape index (κ1) is 16.9. The van der Waals surface area contributed by atoms with Gasteiger partial charge in [0.15, 0.2) is 0 Å². The van der Waals surface area contributed by atoms with Crippen LogP contribution in [0.4, 0.5) is 21.9 Å². The highest BCUT2D eigenvalue weighted by Gasteiger charge is 2.17. The monoisotopic (exact) mass is 320 g/mol. The summed E-state index contributed by atoms with van der Waals surface area (Å²) in [6, 6.07) is 3.70. The Labute approximate surface area is 136 Å². The van der Waals surface area contributed by atoms with E-state index in [1.54, 1.807) is 0 Å². The molecule has 1 aliphatic rings. The molecule has 2 rings (SSSR count). The third-order valence-corrected chi connectivity index (χ3v) is 3.28. The van der Waals surface area contributed by atoms with E-state index in [1.807, 2.05) is 32.9 Å². The highest BCUT2D eigenvalue weighted by atomic mass is 16.6. The quantitative estimate of drug-likeness (QED) is 0.502. The minimum Gasteiger partial charge on any atom is -0.444 e. The van der Waals surface area contributed by atoms with Crippen LogP contribution >= 0.6 is 0 Å².